The number of hydrogen-bond acceptors (Lipinski definition) is 7. The van der Waals surface area contributed by atoms with Crippen LogP contribution in [0.3, 0.4) is 0 Å². The van der Waals surface area contributed by atoms with E-state index < -0.39 is 0 Å². The Bertz CT molecular complexity index is 906. The van der Waals surface area contributed by atoms with Crippen molar-refractivity contribution in [3.63, 3.8) is 0 Å². The molecule has 3 aromatic heterocycles. The Morgan fingerprint density at radius 1 is 1.23 bits per heavy atom. The topological polar surface area (TPSA) is 75.6 Å². The van der Waals surface area contributed by atoms with Gasteiger partial charge in [0.1, 0.15) is 11.5 Å². The number of nitrogens with one attached hydrogen (secondary N) is 2. The van der Waals surface area contributed by atoms with Gasteiger partial charge in [0.15, 0.2) is 5.82 Å². The fourth-order valence-corrected chi connectivity index (χ4v) is 4.17. The van der Waals surface area contributed by atoms with Crippen LogP contribution in [0.25, 0.3) is 11.5 Å². The van der Waals surface area contributed by atoms with Crippen LogP contribution in [-0.2, 0) is 25.9 Å². The molecule has 3 aromatic rings. The molecule has 4 heterocycles. The molecule has 0 saturated heterocycles. The molecule has 2 N–H and O–H groups in total. The second kappa shape index (κ2) is 7.47. The molecule has 0 aliphatic carbocycles. The van der Waals surface area contributed by atoms with E-state index >= 15 is 0 Å². The summed E-state index contributed by atoms with van der Waals surface area (Å²) in [5.74, 6) is 1.59. The van der Waals surface area contributed by atoms with Crippen LogP contribution in [0, 0.1) is 6.92 Å². The molecule has 1 aliphatic rings. The lowest BCUT2D eigenvalue weighted by Gasteiger charge is -2.20. The first-order valence-corrected chi connectivity index (χ1v) is 9.77. The highest BCUT2D eigenvalue weighted by atomic mass is 32.1. The Morgan fingerprint density at radius 3 is 2.96 bits per heavy atom. The zero-order valence-corrected chi connectivity index (χ0v) is 15.9. The SMILES string of the molecule is CCc1nc(C)sc1CNc1nc(-c2ccccn2)nc2c1CCNC2. The molecule has 0 unspecified atom stereocenters. The van der Waals surface area contributed by atoms with Crippen molar-refractivity contribution >= 4 is 17.2 Å². The summed E-state index contributed by atoms with van der Waals surface area (Å²) in [4.78, 5) is 19.9. The van der Waals surface area contributed by atoms with Crippen LogP contribution in [-0.4, -0.2) is 26.5 Å². The Labute approximate surface area is 157 Å². The molecule has 1 aliphatic heterocycles. The number of hydrogen-bond donors (Lipinski definition) is 2. The first-order chi connectivity index (χ1) is 12.7. The second-order valence-electron chi connectivity index (χ2n) is 6.27. The van der Waals surface area contributed by atoms with Crippen LogP contribution in [0.5, 0.6) is 0 Å². The third-order valence-corrected chi connectivity index (χ3v) is 5.48. The molecule has 0 saturated carbocycles. The first-order valence-electron chi connectivity index (χ1n) is 8.95. The highest BCUT2D eigenvalue weighted by Gasteiger charge is 2.19. The van der Waals surface area contributed by atoms with E-state index in [-0.39, 0.29) is 0 Å². The van der Waals surface area contributed by atoms with E-state index in [4.69, 9.17) is 9.97 Å². The van der Waals surface area contributed by atoms with Crippen molar-refractivity contribution in [2.45, 2.75) is 39.8 Å². The molecule has 0 bridgehead atoms. The number of thiazole rings is 1. The smallest absolute Gasteiger partial charge is 0.180 e. The third-order valence-electron chi connectivity index (χ3n) is 4.47. The number of nitrogens with zero attached hydrogens (tertiary/aromatic N) is 4. The molecule has 0 aromatic carbocycles. The molecule has 4 rings (SSSR count). The summed E-state index contributed by atoms with van der Waals surface area (Å²) in [6.07, 6.45) is 3.66. The lowest BCUT2D eigenvalue weighted by Crippen LogP contribution is -2.26. The highest BCUT2D eigenvalue weighted by molar-refractivity contribution is 7.11. The van der Waals surface area contributed by atoms with Crippen molar-refractivity contribution in [2.75, 3.05) is 11.9 Å². The normalized spacial score (nSPS) is 13.5. The van der Waals surface area contributed by atoms with Crippen LogP contribution in [0.1, 0.15) is 33.8 Å². The number of aryl methyl sites for hydroxylation is 2. The van der Waals surface area contributed by atoms with Gasteiger partial charge in [-0.15, -0.1) is 11.3 Å². The summed E-state index contributed by atoms with van der Waals surface area (Å²) in [6.45, 7) is 6.67. The maximum Gasteiger partial charge on any atom is 0.180 e. The zero-order chi connectivity index (χ0) is 17.9. The number of fused-ring (bicyclic) bond motifs is 1. The van der Waals surface area contributed by atoms with Crippen LogP contribution in [0.4, 0.5) is 5.82 Å². The summed E-state index contributed by atoms with van der Waals surface area (Å²) < 4.78 is 0. The summed E-state index contributed by atoms with van der Waals surface area (Å²) in [6, 6.07) is 5.81. The predicted octanol–water partition coefficient (Wildman–Crippen LogP) is 3.12. The second-order valence-corrected chi connectivity index (χ2v) is 7.56. The Morgan fingerprint density at radius 2 is 2.15 bits per heavy atom. The predicted molar refractivity (Wildman–Crippen MR) is 104 cm³/mol. The van der Waals surface area contributed by atoms with Gasteiger partial charge < -0.3 is 10.6 Å². The van der Waals surface area contributed by atoms with Crippen molar-refractivity contribution in [1.29, 1.82) is 0 Å². The quantitative estimate of drug-likeness (QED) is 0.723. The highest BCUT2D eigenvalue weighted by Crippen LogP contribution is 2.26. The summed E-state index contributed by atoms with van der Waals surface area (Å²) in [5, 5.41) is 8.06. The minimum absolute atomic E-state index is 0.673. The van der Waals surface area contributed by atoms with Crippen molar-refractivity contribution < 1.29 is 0 Å². The first kappa shape index (κ1) is 17.1. The third kappa shape index (κ3) is 3.45. The van der Waals surface area contributed by atoms with Crippen LogP contribution in [0.2, 0.25) is 0 Å². The van der Waals surface area contributed by atoms with Gasteiger partial charge in [-0.05, 0) is 38.4 Å². The van der Waals surface area contributed by atoms with Gasteiger partial charge >= 0.3 is 0 Å². The van der Waals surface area contributed by atoms with Gasteiger partial charge in [0.2, 0.25) is 0 Å². The van der Waals surface area contributed by atoms with Gasteiger partial charge in [-0.25, -0.2) is 15.0 Å². The molecule has 0 radical (unpaired) electrons. The Balaban J connectivity index is 1.67. The minimum atomic E-state index is 0.673. The number of aromatic nitrogens is 4. The largest absolute Gasteiger partial charge is 0.365 e. The zero-order valence-electron chi connectivity index (χ0n) is 15.0. The van der Waals surface area contributed by atoms with Gasteiger partial charge in [-0.1, -0.05) is 13.0 Å². The average molecular weight is 366 g/mol. The van der Waals surface area contributed by atoms with E-state index in [0.29, 0.717) is 5.82 Å². The van der Waals surface area contributed by atoms with Crippen LogP contribution >= 0.6 is 11.3 Å². The maximum absolute atomic E-state index is 4.81. The van der Waals surface area contributed by atoms with E-state index in [2.05, 4.69) is 34.4 Å². The molecule has 0 fully saturated rings. The molecule has 0 spiro atoms. The Kier molecular flexibility index (Phi) is 4.90. The Hall–Kier alpha value is -2.38. The van der Waals surface area contributed by atoms with Crippen molar-refractivity contribution in [1.82, 2.24) is 25.3 Å². The summed E-state index contributed by atoms with van der Waals surface area (Å²) in [5.41, 5.74) is 4.25. The lowest BCUT2D eigenvalue weighted by molar-refractivity contribution is 0.625. The monoisotopic (exact) mass is 366 g/mol. The standard InChI is InChI=1S/C19H22N6S/c1-3-14-17(26-12(2)23-14)11-22-18-13-7-9-20-10-16(13)24-19(25-18)15-6-4-5-8-21-15/h4-6,8,20H,3,7,9-11H2,1-2H3,(H,22,24,25). The van der Waals surface area contributed by atoms with E-state index in [9.17, 15) is 0 Å². The van der Waals surface area contributed by atoms with Crippen molar-refractivity contribution in [3.05, 3.63) is 51.2 Å². The number of pyridine rings is 1. The lowest BCUT2D eigenvalue weighted by atomic mass is 10.1. The van der Waals surface area contributed by atoms with E-state index in [0.717, 1.165) is 54.7 Å². The van der Waals surface area contributed by atoms with Gasteiger partial charge in [0.25, 0.3) is 0 Å². The molecule has 26 heavy (non-hydrogen) atoms. The number of rotatable bonds is 5. The van der Waals surface area contributed by atoms with Gasteiger partial charge in [-0.3, -0.25) is 4.98 Å². The van der Waals surface area contributed by atoms with E-state index in [1.807, 2.05) is 18.2 Å². The molecule has 0 atom stereocenters. The molecule has 0 amide bonds. The molecular weight excluding hydrogens is 344 g/mol. The van der Waals surface area contributed by atoms with Gasteiger partial charge in [0.05, 0.1) is 22.9 Å². The minimum Gasteiger partial charge on any atom is -0.365 e. The maximum atomic E-state index is 4.81. The van der Waals surface area contributed by atoms with E-state index in [1.54, 1.807) is 17.5 Å². The fourth-order valence-electron chi connectivity index (χ4n) is 3.21. The molecular formula is C19H22N6S. The molecule has 134 valence electrons. The van der Waals surface area contributed by atoms with E-state index in [1.165, 1.54) is 16.1 Å². The van der Waals surface area contributed by atoms with Crippen molar-refractivity contribution in [3.8, 4) is 11.5 Å². The number of anilines is 1. The van der Waals surface area contributed by atoms with Crippen LogP contribution in [0.15, 0.2) is 24.4 Å². The van der Waals surface area contributed by atoms with Crippen molar-refractivity contribution in [2.24, 2.45) is 0 Å². The van der Waals surface area contributed by atoms with Gasteiger partial charge in [0, 0.05) is 23.2 Å². The average Bonchev–Trinajstić information content (AvgIpc) is 3.06. The van der Waals surface area contributed by atoms with Crippen LogP contribution < -0.4 is 10.6 Å². The molecule has 7 heteroatoms. The summed E-state index contributed by atoms with van der Waals surface area (Å²) in [7, 11) is 0. The summed E-state index contributed by atoms with van der Waals surface area (Å²) >= 11 is 1.75. The molecule has 6 nitrogen and oxygen atoms in total. The van der Waals surface area contributed by atoms with Gasteiger partial charge in [-0.2, -0.15) is 0 Å². The fraction of sp³-hybridized carbons (Fsp3) is 0.368.